The molecule has 3 aromatic heterocycles. The Balaban J connectivity index is 1.81. The van der Waals surface area contributed by atoms with Crippen molar-refractivity contribution in [2.24, 2.45) is 0 Å². The lowest BCUT2D eigenvalue weighted by Crippen LogP contribution is -2.22. The van der Waals surface area contributed by atoms with E-state index in [0.717, 1.165) is 24.5 Å². The van der Waals surface area contributed by atoms with Crippen LogP contribution in [0.2, 0.25) is 0 Å². The van der Waals surface area contributed by atoms with Gasteiger partial charge in [-0.1, -0.05) is 0 Å². The van der Waals surface area contributed by atoms with Crippen molar-refractivity contribution in [3.63, 3.8) is 0 Å². The van der Waals surface area contributed by atoms with E-state index in [1.54, 1.807) is 12.3 Å². The molecule has 0 saturated carbocycles. The number of anilines is 1. The number of methoxy groups -OCH3 is 1. The maximum atomic E-state index is 13.0. The molecule has 0 spiro atoms. The van der Waals surface area contributed by atoms with Crippen LogP contribution in [0.3, 0.4) is 0 Å². The van der Waals surface area contributed by atoms with Crippen molar-refractivity contribution < 1.29 is 9.53 Å². The van der Waals surface area contributed by atoms with Gasteiger partial charge in [0.05, 0.1) is 13.3 Å². The SMILES string of the molecule is CCN(CC)c1ccc(-n2ccc3c(nnc4c(C(=O)OC)cnn43)c2=O)cc1. The van der Waals surface area contributed by atoms with Gasteiger partial charge in [-0.3, -0.25) is 9.36 Å². The van der Waals surface area contributed by atoms with Gasteiger partial charge < -0.3 is 9.64 Å². The number of ether oxygens (including phenoxy) is 1. The molecule has 0 saturated heterocycles. The summed E-state index contributed by atoms with van der Waals surface area (Å²) in [4.78, 5) is 27.1. The minimum absolute atomic E-state index is 0.160. The molecule has 0 aliphatic heterocycles. The highest BCUT2D eigenvalue weighted by Crippen LogP contribution is 2.18. The first-order chi connectivity index (χ1) is 14.1. The number of hydrogen-bond donors (Lipinski definition) is 0. The van der Waals surface area contributed by atoms with Gasteiger partial charge in [-0.2, -0.15) is 5.10 Å². The van der Waals surface area contributed by atoms with Crippen molar-refractivity contribution in [2.45, 2.75) is 13.8 Å². The number of fused-ring (bicyclic) bond motifs is 3. The molecule has 0 amide bonds. The van der Waals surface area contributed by atoms with Gasteiger partial charge in [-0.25, -0.2) is 9.31 Å². The van der Waals surface area contributed by atoms with Crippen molar-refractivity contribution in [1.29, 1.82) is 0 Å². The number of esters is 1. The maximum absolute atomic E-state index is 13.0. The number of carbonyl (C=O) groups excluding carboxylic acids is 1. The third-order valence-corrected chi connectivity index (χ3v) is 4.92. The molecular weight excluding hydrogens is 372 g/mol. The zero-order chi connectivity index (χ0) is 20.5. The third kappa shape index (κ3) is 3.00. The molecule has 1 aromatic carbocycles. The smallest absolute Gasteiger partial charge is 0.343 e. The van der Waals surface area contributed by atoms with Crippen LogP contribution in [0.5, 0.6) is 0 Å². The average Bonchev–Trinajstić information content (AvgIpc) is 3.19. The van der Waals surface area contributed by atoms with Crippen LogP contribution in [0.25, 0.3) is 22.4 Å². The van der Waals surface area contributed by atoms with E-state index in [-0.39, 0.29) is 22.3 Å². The highest BCUT2D eigenvalue weighted by molar-refractivity contribution is 5.96. The minimum atomic E-state index is -0.560. The number of nitrogens with zero attached hydrogens (tertiary/aromatic N) is 6. The van der Waals surface area contributed by atoms with Gasteiger partial charge in [0.2, 0.25) is 0 Å². The van der Waals surface area contributed by atoms with E-state index in [9.17, 15) is 9.59 Å². The second-order valence-electron chi connectivity index (χ2n) is 6.40. The molecule has 0 aliphatic carbocycles. The van der Waals surface area contributed by atoms with E-state index < -0.39 is 5.97 Å². The zero-order valence-electron chi connectivity index (χ0n) is 16.4. The maximum Gasteiger partial charge on any atom is 0.343 e. The normalized spacial score (nSPS) is 11.1. The van der Waals surface area contributed by atoms with E-state index in [1.807, 2.05) is 24.3 Å². The van der Waals surface area contributed by atoms with Crippen molar-refractivity contribution in [1.82, 2.24) is 24.4 Å². The summed E-state index contributed by atoms with van der Waals surface area (Å²) < 4.78 is 7.66. The van der Waals surface area contributed by atoms with Crippen LogP contribution in [0.1, 0.15) is 24.2 Å². The molecule has 148 valence electrons. The number of aromatic nitrogens is 5. The molecule has 4 aromatic rings. The van der Waals surface area contributed by atoms with Crippen LogP contribution in [0, 0.1) is 0 Å². The Labute approximate surface area is 166 Å². The average molecular weight is 392 g/mol. The minimum Gasteiger partial charge on any atom is -0.465 e. The second-order valence-corrected chi connectivity index (χ2v) is 6.40. The highest BCUT2D eigenvalue weighted by atomic mass is 16.5. The molecule has 9 heteroatoms. The Hall–Kier alpha value is -3.75. The van der Waals surface area contributed by atoms with E-state index >= 15 is 0 Å². The molecule has 0 N–H and O–H groups in total. The number of pyridine rings is 1. The molecule has 0 unspecified atom stereocenters. The van der Waals surface area contributed by atoms with E-state index in [4.69, 9.17) is 4.74 Å². The van der Waals surface area contributed by atoms with Crippen LogP contribution in [0.15, 0.2) is 47.5 Å². The van der Waals surface area contributed by atoms with Crippen LogP contribution < -0.4 is 10.5 Å². The van der Waals surface area contributed by atoms with Crippen molar-refractivity contribution in [3.05, 3.63) is 58.6 Å². The van der Waals surface area contributed by atoms with Crippen molar-refractivity contribution >= 4 is 28.3 Å². The molecule has 29 heavy (non-hydrogen) atoms. The fraction of sp³-hybridized carbons (Fsp3) is 0.250. The van der Waals surface area contributed by atoms with Gasteiger partial charge >= 0.3 is 5.97 Å². The highest BCUT2D eigenvalue weighted by Gasteiger charge is 2.18. The summed E-state index contributed by atoms with van der Waals surface area (Å²) in [6, 6.07) is 9.50. The summed E-state index contributed by atoms with van der Waals surface area (Å²) in [7, 11) is 1.28. The molecule has 0 atom stereocenters. The Bertz CT molecular complexity index is 1260. The molecule has 9 nitrogen and oxygen atoms in total. The molecule has 0 bridgehead atoms. The zero-order valence-corrected chi connectivity index (χ0v) is 16.4. The van der Waals surface area contributed by atoms with Gasteiger partial charge in [0.25, 0.3) is 5.56 Å². The van der Waals surface area contributed by atoms with E-state index in [2.05, 4.69) is 34.0 Å². The van der Waals surface area contributed by atoms with Crippen LogP contribution in [0.4, 0.5) is 5.69 Å². The van der Waals surface area contributed by atoms with Gasteiger partial charge in [0.1, 0.15) is 11.1 Å². The first-order valence-electron chi connectivity index (χ1n) is 9.28. The summed E-state index contributed by atoms with van der Waals surface area (Å²) in [6.45, 7) is 6.03. The first kappa shape index (κ1) is 18.6. The molecule has 0 aliphatic rings. The molecule has 4 rings (SSSR count). The number of hydrogen-bond acceptors (Lipinski definition) is 7. The lowest BCUT2D eigenvalue weighted by molar-refractivity contribution is 0.0602. The molecule has 3 heterocycles. The topological polar surface area (TPSA) is 94.6 Å². The molecular formula is C20H20N6O3. The number of benzene rings is 1. The Morgan fingerprint density at radius 3 is 2.48 bits per heavy atom. The summed E-state index contributed by atoms with van der Waals surface area (Å²) >= 11 is 0. The fourth-order valence-corrected chi connectivity index (χ4v) is 3.36. The third-order valence-electron chi connectivity index (χ3n) is 4.92. The van der Waals surface area contributed by atoms with Crippen LogP contribution >= 0.6 is 0 Å². The fourth-order valence-electron chi connectivity index (χ4n) is 3.36. The predicted molar refractivity (Wildman–Crippen MR) is 109 cm³/mol. The quantitative estimate of drug-likeness (QED) is 0.480. The van der Waals surface area contributed by atoms with E-state index in [1.165, 1.54) is 22.4 Å². The summed E-state index contributed by atoms with van der Waals surface area (Å²) in [6.07, 6.45) is 3.02. The predicted octanol–water partition coefficient (Wildman–Crippen LogP) is 2.06. The summed E-state index contributed by atoms with van der Waals surface area (Å²) in [5.74, 6) is -0.560. The Morgan fingerprint density at radius 2 is 1.83 bits per heavy atom. The first-order valence-corrected chi connectivity index (χ1v) is 9.28. The largest absolute Gasteiger partial charge is 0.465 e. The van der Waals surface area contributed by atoms with Gasteiger partial charge in [-0.15, -0.1) is 10.2 Å². The lowest BCUT2D eigenvalue weighted by Gasteiger charge is -2.21. The van der Waals surface area contributed by atoms with Crippen LogP contribution in [-0.2, 0) is 4.74 Å². The number of rotatable bonds is 5. The standard InChI is InChI=1S/C20H20N6O3/c1-4-24(5-2)13-6-8-14(9-7-13)25-11-10-16-17(19(25)27)22-23-18-15(20(28)29-3)12-21-26(16)18/h6-12H,4-5H2,1-3H3. The van der Waals surface area contributed by atoms with Gasteiger partial charge in [0.15, 0.2) is 11.2 Å². The number of carbonyl (C=O) groups is 1. The second kappa shape index (κ2) is 7.34. The van der Waals surface area contributed by atoms with E-state index in [0.29, 0.717) is 5.52 Å². The molecule has 0 radical (unpaired) electrons. The van der Waals surface area contributed by atoms with Crippen LogP contribution in [-0.4, -0.2) is 50.5 Å². The van der Waals surface area contributed by atoms with Crippen molar-refractivity contribution in [3.8, 4) is 5.69 Å². The summed E-state index contributed by atoms with van der Waals surface area (Å²) in [5.41, 5.74) is 2.57. The summed E-state index contributed by atoms with van der Waals surface area (Å²) in [5, 5.41) is 12.2. The lowest BCUT2D eigenvalue weighted by atomic mass is 10.2. The Kier molecular flexibility index (Phi) is 4.71. The Morgan fingerprint density at radius 1 is 1.10 bits per heavy atom. The monoisotopic (exact) mass is 392 g/mol. The molecule has 0 fully saturated rings. The van der Waals surface area contributed by atoms with Crippen molar-refractivity contribution in [2.75, 3.05) is 25.1 Å². The van der Waals surface area contributed by atoms with Gasteiger partial charge in [-0.05, 0) is 44.2 Å². The van der Waals surface area contributed by atoms with Gasteiger partial charge in [0, 0.05) is 30.7 Å².